The van der Waals surface area contributed by atoms with Crippen molar-refractivity contribution in [2.24, 2.45) is 4.99 Å². The van der Waals surface area contributed by atoms with Crippen molar-refractivity contribution in [3.8, 4) is 0 Å². The van der Waals surface area contributed by atoms with E-state index in [-0.39, 0.29) is 12.3 Å². The van der Waals surface area contributed by atoms with Crippen LogP contribution in [0.25, 0.3) is 16.8 Å². The minimum Gasteiger partial charge on any atom is -0.293 e. The lowest BCUT2D eigenvalue weighted by atomic mass is 10.1. The van der Waals surface area contributed by atoms with Gasteiger partial charge in [-0.05, 0) is 11.5 Å². The summed E-state index contributed by atoms with van der Waals surface area (Å²) in [4.78, 5) is 15.5. The summed E-state index contributed by atoms with van der Waals surface area (Å²) in [6, 6.07) is 12.1. The van der Waals surface area contributed by atoms with Crippen molar-refractivity contribution in [2.75, 3.05) is 6.54 Å². The zero-order chi connectivity index (χ0) is 10.3. The van der Waals surface area contributed by atoms with Gasteiger partial charge in [0.15, 0.2) is 5.78 Å². The van der Waals surface area contributed by atoms with Crippen LogP contribution in [0.3, 0.4) is 0 Å². The van der Waals surface area contributed by atoms with E-state index in [1.165, 1.54) is 5.39 Å². The number of benzene rings is 2. The smallest absolute Gasteiger partial charge is 0.177 e. The van der Waals surface area contributed by atoms with Gasteiger partial charge >= 0.3 is 0 Å². The fourth-order valence-corrected chi connectivity index (χ4v) is 1.94. The molecule has 0 atom stereocenters. The van der Waals surface area contributed by atoms with Gasteiger partial charge in [-0.3, -0.25) is 9.79 Å². The van der Waals surface area contributed by atoms with Crippen LogP contribution < -0.4 is 10.6 Å². The zero-order valence-electron chi connectivity index (χ0n) is 8.10. The zero-order valence-corrected chi connectivity index (χ0v) is 8.10. The highest BCUT2D eigenvalue weighted by Gasteiger charge is 2.04. The predicted octanol–water partition coefficient (Wildman–Crippen LogP) is 0.823. The van der Waals surface area contributed by atoms with Crippen LogP contribution in [0.4, 0.5) is 0 Å². The third kappa shape index (κ3) is 1.26. The molecule has 1 heterocycles. The standard InChI is InChI=1S/C13H9NO/c15-11-7-10-6-5-9-3-1-2-4-12(9)13(10)14-8-11/h1-7H,8H2. The Hall–Kier alpha value is -1.96. The number of fused-ring (bicyclic) bond motifs is 3. The molecule has 0 radical (unpaired) electrons. The molecule has 0 saturated heterocycles. The van der Waals surface area contributed by atoms with Gasteiger partial charge in [0, 0.05) is 10.6 Å². The Labute approximate surface area is 86.6 Å². The van der Waals surface area contributed by atoms with Crippen molar-refractivity contribution >= 4 is 22.6 Å². The van der Waals surface area contributed by atoms with E-state index in [2.05, 4.69) is 11.1 Å². The van der Waals surface area contributed by atoms with Crippen molar-refractivity contribution in [3.63, 3.8) is 0 Å². The van der Waals surface area contributed by atoms with Gasteiger partial charge in [0.05, 0.1) is 5.36 Å². The summed E-state index contributed by atoms with van der Waals surface area (Å²) in [5, 5.41) is 4.18. The van der Waals surface area contributed by atoms with Crippen LogP contribution in [0.5, 0.6) is 0 Å². The number of Topliss-reactive ketones (excluding diaryl/α,β-unsaturated/α-hetero) is 1. The summed E-state index contributed by atoms with van der Waals surface area (Å²) in [5.74, 6) is 0.0813. The van der Waals surface area contributed by atoms with E-state index < -0.39 is 0 Å². The average molecular weight is 195 g/mol. The van der Waals surface area contributed by atoms with E-state index in [1.807, 2.05) is 30.3 Å². The van der Waals surface area contributed by atoms with Crippen LogP contribution in [0, 0.1) is 0 Å². The van der Waals surface area contributed by atoms with Gasteiger partial charge in [0.2, 0.25) is 0 Å². The number of rotatable bonds is 0. The Bertz CT molecular complexity index is 670. The van der Waals surface area contributed by atoms with Crippen molar-refractivity contribution in [3.05, 3.63) is 47.0 Å². The molecule has 1 aliphatic rings. The normalized spacial score (nSPS) is 14.3. The molecule has 0 aromatic heterocycles. The molecule has 0 spiro atoms. The quantitative estimate of drug-likeness (QED) is 0.612. The Morgan fingerprint density at radius 2 is 1.93 bits per heavy atom. The molecule has 2 aromatic carbocycles. The molecular formula is C13H9NO. The predicted molar refractivity (Wildman–Crippen MR) is 59.1 cm³/mol. The van der Waals surface area contributed by atoms with E-state index in [0.29, 0.717) is 0 Å². The molecule has 0 unspecified atom stereocenters. The SMILES string of the molecule is O=C1C=c2ccc3ccccc3c2=NC1. The Kier molecular flexibility index (Phi) is 1.68. The molecule has 3 rings (SSSR count). The largest absolute Gasteiger partial charge is 0.293 e. The average Bonchev–Trinajstić information content (AvgIpc) is 2.28. The van der Waals surface area contributed by atoms with Gasteiger partial charge in [-0.1, -0.05) is 36.4 Å². The second-order valence-electron chi connectivity index (χ2n) is 3.65. The second-order valence-corrected chi connectivity index (χ2v) is 3.65. The Balaban J connectivity index is 2.56. The summed E-state index contributed by atoms with van der Waals surface area (Å²) in [6.45, 7) is 0.279. The van der Waals surface area contributed by atoms with Gasteiger partial charge in [-0.15, -0.1) is 0 Å². The van der Waals surface area contributed by atoms with Crippen LogP contribution in [-0.2, 0) is 4.79 Å². The molecule has 0 saturated carbocycles. The molecule has 0 amide bonds. The highest BCUT2D eigenvalue weighted by Crippen LogP contribution is 2.06. The molecule has 72 valence electrons. The minimum absolute atomic E-state index is 0.0813. The Morgan fingerprint density at radius 3 is 2.87 bits per heavy atom. The number of carbonyl (C=O) groups is 1. The van der Waals surface area contributed by atoms with E-state index >= 15 is 0 Å². The molecule has 0 fully saturated rings. The maximum atomic E-state index is 11.2. The molecule has 2 nitrogen and oxygen atoms in total. The van der Waals surface area contributed by atoms with Gasteiger partial charge in [-0.2, -0.15) is 0 Å². The highest BCUT2D eigenvalue weighted by atomic mass is 16.1. The third-order valence-corrected chi connectivity index (χ3v) is 2.64. The molecule has 2 aromatic rings. The molecule has 2 heteroatoms. The van der Waals surface area contributed by atoms with Crippen molar-refractivity contribution in [2.45, 2.75) is 0 Å². The van der Waals surface area contributed by atoms with Crippen LogP contribution in [0.2, 0.25) is 0 Å². The first-order valence-electron chi connectivity index (χ1n) is 4.91. The van der Waals surface area contributed by atoms with Crippen LogP contribution in [0.1, 0.15) is 0 Å². The molecule has 15 heavy (non-hydrogen) atoms. The Morgan fingerprint density at radius 1 is 1.07 bits per heavy atom. The molecule has 1 aliphatic heterocycles. The number of ketones is 1. The maximum absolute atomic E-state index is 11.2. The summed E-state index contributed by atoms with van der Waals surface area (Å²) < 4.78 is 0. The lowest BCUT2D eigenvalue weighted by Crippen LogP contribution is -2.31. The van der Waals surface area contributed by atoms with E-state index in [9.17, 15) is 4.79 Å². The van der Waals surface area contributed by atoms with Crippen LogP contribution in [-0.4, -0.2) is 12.3 Å². The lowest BCUT2D eigenvalue weighted by molar-refractivity contribution is -0.112. The number of nitrogens with zero attached hydrogens (tertiary/aromatic N) is 1. The second kappa shape index (κ2) is 3.02. The van der Waals surface area contributed by atoms with Crippen molar-refractivity contribution in [1.82, 2.24) is 0 Å². The first-order chi connectivity index (χ1) is 7.34. The van der Waals surface area contributed by atoms with Crippen molar-refractivity contribution in [1.29, 1.82) is 0 Å². The molecule has 0 N–H and O–H groups in total. The van der Waals surface area contributed by atoms with Gasteiger partial charge in [-0.25, -0.2) is 0 Å². The van der Waals surface area contributed by atoms with E-state index in [1.54, 1.807) is 6.08 Å². The fraction of sp³-hybridized carbons (Fsp3) is 0.0769. The molecule has 0 bridgehead atoms. The summed E-state index contributed by atoms with van der Waals surface area (Å²) in [5.41, 5.74) is 0. The molecular weight excluding hydrogens is 186 g/mol. The van der Waals surface area contributed by atoms with Crippen LogP contribution in [0.15, 0.2) is 41.4 Å². The summed E-state index contributed by atoms with van der Waals surface area (Å²) in [7, 11) is 0. The number of carbonyl (C=O) groups excluding carboxylic acids is 1. The van der Waals surface area contributed by atoms with Crippen LogP contribution >= 0.6 is 0 Å². The first-order valence-corrected chi connectivity index (χ1v) is 4.91. The van der Waals surface area contributed by atoms with E-state index in [0.717, 1.165) is 16.0 Å². The molecule has 0 aliphatic carbocycles. The number of hydrogen-bond donors (Lipinski definition) is 0. The lowest BCUT2D eigenvalue weighted by Gasteiger charge is -2.02. The van der Waals surface area contributed by atoms with E-state index in [4.69, 9.17) is 0 Å². The van der Waals surface area contributed by atoms with Gasteiger partial charge < -0.3 is 0 Å². The highest BCUT2D eigenvalue weighted by molar-refractivity contribution is 6.08. The van der Waals surface area contributed by atoms with Crippen molar-refractivity contribution < 1.29 is 4.79 Å². The number of hydrogen-bond acceptors (Lipinski definition) is 2. The fourth-order valence-electron chi connectivity index (χ4n) is 1.94. The van der Waals surface area contributed by atoms with Gasteiger partial charge in [0.1, 0.15) is 6.54 Å². The topological polar surface area (TPSA) is 29.4 Å². The summed E-state index contributed by atoms with van der Waals surface area (Å²) in [6.07, 6.45) is 1.68. The third-order valence-electron chi connectivity index (χ3n) is 2.64. The maximum Gasteiger partial charge on any atom is 0.177 e. The summed E-state index contributed by atoms with van der Waals surface area (Å²) >= 11 is 0. The minimum atomic E-state index is 0.0813. The van der Waals surface area contributed by atoms with Gasteiger partial charge in [0.25, 0.3) is 0 Å². The first kappa shape index (κ1) is 8.36. The monoisotopic (exact) mass is 195 g/mol.